The van der Waals surface area contributed by atoms with E-state index >= 15 is 0 Å². The Morgan fingerprint density at radius 1 is 1.32 bits per heavy atom. The molecule has 0 bridgehead atoms. The molecule has 0 radical (unpaired) electrons. The van der Waals surface area contributed by atoms with E-state index in [-0.39, 0.29) is 11.9 Å². The van der Waals surface area contributed by atoms with Gasteiger partial charge < -0.3 is 15.5 Å². The highest BCUT2D eigenvalue weighted by Crippen LogP contribution is 2.34. The number of carbonyl (C=O) groups is 1. The van der Waals surface area contributed by atoms with Gasteiger partial charge in [-0.2, -0.15) is 0 Å². The molecule has 1 amide bonds. The van der Waals surface area contributed by atoms with E-state index in [1.807, 2.05) is 7.05 Å². The van der Waals surface area contributed by atoms with Crippen molar-refractivity contribution in [3.63, 3.8) is 0 Å². The molecule has 3 rings (SSSR count). The molecule has 1 aromatic carbocycles. The lowest BCUT2D eigenvalue weighted by atomic mass is 9.98. The second-order valence-corrected chi connectivity index (χ2v) is 5.65. The number of likely N-dealkylation sites (N-methyl/N-ethyl adjacent to an activating group) is 1. The van der Waals surface area contributed by atoms with E-state index in [4.69, 9.17) is 0 Å². The summed E-state index contributed by atoms with van der Waals surface area (Å²) in [6, 6.07) is 6.12. The third kappa shape index (κ3) is 2.21. The average Bonchev–Trinajstić information content (AvgIpc) is 2.73. The minimum Gasteiger partial charge on any atom is -0.371 e. The summed E-state index contributed by atoms with van der Waals surface area (Å²) in [5.74, 6) is 0.876. The number of amides is 1. The molecule has 102 valence electrons. The fourth-order valence-electron chi connectivity index (χ4n) is 3.00. The summed E-state index contributed by atoms with van der Waals surface area (Å²) in [5.41, 5.74) is 3.24. The van der Waals surface area contributed by atoms with Crippen LogP contribution in [-0.2, 0) is 4.79 Å². The molecule has 0 aliphatic carbocycles. The van der Waals surface area contributed by atoms with Crippen molar-refractivity contribution in [3.05, 3.63) is 23.8 Å². The van der Waals surface area contributed by atoms with E-state index in [9.17, 15) is 4.79 Å². The van der Waals surface area contributed by atoms with Gasteiger partial charge in [0.05, 0.1) is 0 Å². The molecule has 1 fully saturated rings. The zero-order chi connectivity index (χ0) is 13.4. The van der Waals surface area contributed by atoms with Crippen LogP contribution in [0.5, 0.6) is 0 Å². The fourth-order valence-corrected chi connectivity index (χ4v) is 3.00. The molecular weight excluding hydrogens is 238 g/mol. The highest BCUT2D eigenvalue weighted by molar-refractivity contribution is 6.03. The number of nitrogens with zero attached hydrogens (tertiary/aromatic N) is 1. The van der Waals surface area contributed by atoms with Gasteiger partial charge in [-0.15, -0.1) is 0 Å². The number of fused-ring (bicyclic) bond motifs is 1. The van der Waals surface area contributed by atoms with Gasteiger partial charge in [-0.25, -0.2) is 0 Å². The van der Waals surface area contributed by atoms with Crippen molar-refractivity contribution < 1.29 is 4.79 Å². The van der Waals surface area contributed by atoms with Gasteiger partial charge in [0.15, 0.2) is 0 Å². The average molecular weight is 259 g/mol. The normalized spacial score (nSPS) is 23.4. The number of carbonyl (C=O) groups excluding carboxylic acids is 1. The van der Waals surface area contributed by atoms with E-state index in [2.05, 4.69) is 40.7 Å². The third-order valence-corrected chi connectivity index (χ3v) is 4.31. The maximum atomic E-state index is 11.8. The standard InChI is InChI=1S/C15H21N3O/c1-10-5-7-18(8-6-10)11-3-4-12-13(9-11)17-15(19)14(12)16-2/h3-4,9-10,14,16H,5-8H2,1-2H3,(H,17,19). The van der Waals surface area contributed by atoms with Crippen LogP contribution >= 0.6 is 0 Å². The maximum Gasteiger partial charge on any atom is 0.246 e. The second kappa shape index (κ2) is 4.85. The zero-order valence-electron chi connectivity index (χ0n) is 11.6. The third-order valence-electron chi connectivity index (χ3n) is 4.31. The summed E-state index contributed by atoms with van der Waals surface area (Å²) in [5, 5.41) is 6.01. The minimum atomic E-state index is -0.203. The molecule has 4 heteroatoms. The minimum absolute atomic E-state index is 0.0434. The topological polar surface area (TPSA) is 44.4 Å². The molecule has 2 heterocycles. The Morgan fingerprint density at radius 2 is 2.05 bits per heavy atom. The summed E-state index contributed by atoms with van der Waals surface area (Å²) in [7, 11) is 1.82. The Balaban J connectivity index is 1.83. The summed E-state index contributed by atoms with van der Waals surface area (Å²) >= 11 is 0. The van der Waals surface area contributed by atoms with Crippen LogP contribution < -0.4 is 15.5 Å². The lowest BCUT2D eigenvalue weighted by Gasteiger charge is -2.32. The zero-order valence-corrected chi connectivity index (χ0v) is 11.6. The molecule has 2 N–H and O–H groups in total. The monoisotopic (exact) mass is 259 g/mol. The summed E-state index contributed by atoms with van der Waals surface area (Å²) in [6.07, 6.45) is 2.51. The van der Waals surface area contributed by atoms with Crippen molar-refractivity contribution in [1.82, 2.24) is 5.32 Å². The van der Waals surface area contributed by atoms with E-state index in [0.717, 1.165) is 30.3 Å². The van der Waals surface area contributed by atoms with Crippen LogP contribution in [0.1, 0.15) is 31.4 Å². The van der Waals surface area contributed by atoms with Crippen LogP contribution in [0.25, 0.3) is 0 Å². The van der Waals surface area contributed by atoms with Gasteiger partial charge in [0, 0.05) is 30.0 Å². The fraction of sp³-hybridized carbons (Fsp3) is 0.533. The van der Waals surface area contributed by atoms with Gasteiger partial charge in [-0.05, 0) is 37.9 Å². The SMILES string of the molecule is CNC1C(=O)Nc2cc(N3CCC(C)CC3)ccc21. The predicted octanol–water partition coefficient (Wildman–Crippen LogP) is 2.14. The maximum absolute atomic E-state index is 11.8. The summed E-state index contributed by atoms with van der Waals surface area (Å²) in [4.78, 5) is 14.2. The Kier molecular flexibility index (Phi) is 3.19. The number of anilines is 2. The molecule has 1 atom stereocenters. The van der Waals surface area contributed by atoms with Gasteiger partial charge in [-0.1, -0.05) is 13.0 Å². The Labute approximate surface area is 114 Å². The van der Waals surface area contributed by atoms with Crippen LogP contribution in [0, 0.1) is 5.92 Å². The summed E-state index contributed by atoms with van der Waals surface area (Å²) in [6.45, 7) is 4.55. The van der Waals surface area contributed by atoms with Gasteiger partial charge in [-0.3, -0.25) is 4.79 Å². The number of nitrogens with one attached hydrogen (secondary N) is 2. The molecule has 2 aliphatic heterocycles. The van der Waals surface area contributed by atoms with Crippen molar-refractivity contribution in [3.8, 4) is 0 Å². The number of rotatable bonds is 2. The van der Waals surface area contributed by atoms with Crippen LogP contribution in [0.3, 0.4) is 0 Å². The number of piperidine rings is 1. The van der Waals surface area contributed by atoms with Crippen LogP contribution in [0.15, 0.2) is 18.2 Å². The molecule has 0 aromatic heterocycles. The molecular formula is C15H21N3O. The first kappa shape index (κ1) is 12.5. The highest BCUT2D eigenvalue weighted by atomic mass is 16.2. The van der Waals surface area contributed by atoms with Crippen molar-refractivity contribution in [1.29, 1.82) is 0 Å². The number of hydrogen-bond acceptors (Lipinski definition) is 3. The molecule has 1 aromatic rings. The Morgan fingerprint density at radius 3 is 2.74 bits per heavy atom. The Hall–Kier alpha value is -1.55. The molecule has 19 heavy (non-hydrogen) atoms. The van der Waals surface area contributed by atoms with E-state index in [1.165, 1.54) is 18.5 Å². The van der Waals surface area contributed by atoms with E-state index in [0.29, 0.717) is 0 Å². The number of benzene rings is 1. The van der Waals surface area contributed by atoms with Gasteiger partial charge in [0.1, 0.15) is 6.04 Å². The first-order valence-corrected chi connectivity index (χ1v) is 7.06. The second-order valence-electron chi connectivity index (χ2n) is 5.65. The van der Waals surface area contributed by atoms with Crippen LogP contribution in [0.4, 0.5) is 11.4 Å². The molecule has 0 saturated carbocycles. The Bertz CT molecular complexity index is 492. The molecule has 4 nitrogen and oxygen atoms in total. The molecule has 1 saturated heterocycles. The first-order chi connectivity index (χ1) is 9.19. The van der Waals surface area contributed by atoms with Crippen molar-refractivity contribution >= 4 is 17.3 Å². The molecule has 1 unspecified atom stereocenters. The largest absolute Gasteiger partial charge is 0.371 e. The lowest BCUT2D eigenvalue weighted by Crippen LogP contribution is -2.32. The van der Waals surface area contributed by atoms with Crippen molar-refractivity contribution in [2.75, 3.05) is 30.4 Å². The van der Waals surface area contributed by atoms with Crippen LogP contribution in [-0.4, -0.2) is 26.0 Å². The molecule has 2 aliphatic rings. The van der Waals surface area contributed by atoms with E-state index in [1.54, 1.807) is 0 Å². The smallest absolute Gasteiger partial charge is 0.246 e. The lowest BCUT2D eigenvalue weighted by molar-refractivity contribution is -0.117. The van der Waals surface area contributed by atoms with Gasteiger partial charge in [0.25, 0.3) is 0 Å². The van der Waals surface area contributed by atoms with E-state index < -0.39 is 0 Å². The first-order valence-electron chi connectivity index (χ1n) is 7.06. The van der Waals surface area contributed by atoms with Crippen molar-refractivity contribution in [2.45, 2.75) is 25.8 Å². The number of hydrogen-bond donors (Lipinski definition) is 2. The predicted molar refractivity (Wildman–Crippen MR) is 77.5 cm³/mol. The van der Waals surface area contributed by atoms with Crippen LogP contribution in [0.2, 0.25) is 0 Å². The van der Waals surface area contributed by atoms with Gasteiger partial charge >= 0.3 is 0 Å². The summed E-state index contributed by atoms with van der Waals surface area (Å²) < 4.78 is 0. The van der Waals surface area contributed by atoms with Crippen molar-refractivity contribution in [2.24, 2.45) is 5.92 Å². The quantitative estimate of drug-likeness (QED) is 0.855. The highest BCUT2D eigenvalue weighted by Gasteiger charge is 2.29. The molecule has 0 spiro atoms. The van der Waals surface area contributed by atoms with Gasteiger partial charge in [0.2, 0.25) is 5.91 Å².